The van der Waals surface area contributed by atoms with E-state index in [2.05, 4.69) is 20.8 Å². The summed E-state index contributed by atoms with van der Waals surface area (Å²) in [7, 11) is 0. The summed E-state index contributed by atoms with van der Waals surface area (Å²) in [5, 5.41) is 23.9. The number of hydrogen-bond donors (Lipinski definition) is 3. The van der Waals surface area contributed by atoms with Gasteiger partial charge >= 0.3 is 6.03 Å². The molecule has 2 aromatic rings. The minimum atomic E-state index is -0.784. The quantitative estimate of drug-likeness (QED) is 0.739. The summed E-state index contributed by atoms with van der Waals surface area (Å²) in [5.41, 5.74) is 0.665. The summed E-state index contributed by atoms with van der Waals surface area (Å²) in [5.74, 6) is 0.956. The molecule has 2 amide bonds. The van der Waals surface area contributed by atoms with Crippen molar-refractivity contribution in [1.29, 1.82) is 0 Å². The fourth-order valence-electron chi connectivity index (χ4n) is 3.09. The highest BCUT2D eigenvalue weighted by atomic mass is 16.4. The summed E-state index contributed by atoms with van der Waals surface area (Å²) in [4.78, 5) is 12.1. The van der Waals surface area contributed by atoms with Crippen LogP contribution >= 0.6 is 0 Å². The highest BCUT2D eigenvalue weighted by molar-refractivity contribution is 5.89. The van der Waals surface area contributed by atoms with Gasteiger partial charge in [0.2, 0.25) is 11.8 Å². The van der Waals surface area contributed by atoms with Crippen LogP contribution in [-0.2, 0) is 0 Å². The van der Waals surface area contributed by atoms with Crippen molar-refractivity contribution in [2.75, 3.05) is 11.9 Å². The smallest absolute Gasteiger partial charge is 0.319 e. The molecular weight excluding hydrogens is 320 g/mol. The van der Waals surface area contributed by atoms with Gasteiger partial charge in [0.05, 0.1) is 5.60 Å². The standard InChI is InChI=1S/C18H24N4O3/c1-13-21-22-16(25-13)14-6-8-15(9-7-14)20-17(23)19-12-18(24)10-4-2-3-5-11-18/h6-9,24H,2-5,10-12H2,1H3,(H2,19,20,23). The molecule has 0 spiro atoms. The number of rotatable bonds is 4. The molecule has 7 heteroatoms. The number of carbonyl (C=O) groups is 1. The highest BCUT2D eigenvalue weighted by Gasteiger charge is 2.28. The summed E-state index contributed by atoms with van der Waals surface area (Å²) >= 11 is 0. The summed E-state index contributed by atoms with van der Waals surface area (Å²) in [6, 6.07) is 6.84. The van der Waals surface area contributed by atoms with Gasteiger partial charge < -0.3 is 20.2 Å². The molecule has 25 heavy (non-hydrogen) atoms. The molecule has 1 aliphatic rings. The lowest BCUT2D eigenvalue weighted by Gasteiger charge is -2.26. The number of aryl methyl sites for hydroxylation is 1. The van der Waals surface area contributed by atoms with Gasteiger partial charge in [0, 0.05) is 24.7 Å². The van der Waals surface area contributed by atoms with E-state index in [-0.39, 0.29) is 12.6 Å². The number of urea groups is 1. The predicted molar refractivity (Wildman–Crippen MR) is 94.1 cm³/mol. The van der Waals surface area contributed by atoms with Crippen LogP contribution in [0.25, 0.3) is 11.5 Å². The van der Waals surface area contributed by atoms with Crippen molar-refractivity contribution in [2.45, 2.75) is 51.0 Å². The summed E-state index contributed by atoms with van der Waals surface area (Å²) in [6.07, 6.45) is 5.81. The lowest BCUT2D eigenvalue weighted by Crippen LogP contribution is -2.44. The first kappa shape index (κ1) is 17.4. The van der Waals surface area contributed by atoms with E-state index < -0.39 is 5.60 Å². The first-order valence-electron chi connectivity index (χ1n) is 8.72. The second-order valence-electron chi connectivity index (χ2n) is 6.65. The fraction of sp³-hybridized carbons (Fsp3) is 0.500. The zero-order chi connectivity index (χ0) is 17.7. The SMILES string of the molecule is Cc1nnc(-c2ccc(NC(=O)NCC3(O)CCCCCC3)cc2)o1. The van der Waals surface area contributed by atoms with Gasteiger partial charge in [0.1, 0.15) is 0 Å². The van der Waals surface area contributed by atoms with Crippen LogP contribution in [-0.4, -0.2) is 33.5 Å². The topological polar surface area (TPSA) is 100 Å². The number of amides is 2. The van der Waals surface area contributed by atoms with Gasteiger partial charge in [-0.25, -0.2) is 4.79 Å². The fourth-order valence-corrected chi connectivity index (χ4v) is 3.09. The normalized spacial score (nSPS) is 16.9. The molecule has 0 atom stereocenters. The van der Waals surface area contributed by atoms with Gasteiger partial charge in [-0.05, 0) is 37.1 Å². The molecule has 1 saturated carbocycles. The third-order valence-corrected chi connectivity index (χ3v) is 4.53. The average Bonchev–Trinajstić information content (AvgIpc) is 2.91. The van der Waals surface area contributed by atoms with E-state index in [1.165, 1.54) is 0 Å². The van der Waals surface area contributed by atoms with Crippen molar-refractivity contribution in [3.63, 3.8) is 0 Å². The molecule has 1 heterocycles. The van der Waals surface area contributed by atoms with E-state index in [1.807, 2.05) is 0 Å². The molecule has 0 saturated heterocycles. The van der Waals surface area contributed by atoms with Crippen molar-refractivity contribution < 1.29 is 14.3 Å². The molecule has 7 nitrogen and oxygen atoms in total. The molecule has 1 aromatic heterocycles. The maximum atomic E-state index is 12.1. The molecule has 0 aliphatic heterocycles. The number of hydrogen-bond acceptors (Lipinski definition) is 5. The Morgan fingerprint density at radius 1 is 1.16 bits per heavy atom. The Morgan fingerprint density at radius 3 is 2.44 bits per heavy atom. The summed E-state index contributed by atoms with van der Waals surface area (Å²) < 4.78 is 5.37. The largest absolute Gasteiger partial charge is 0.421 e. The lowest BCUT2D eigenvalue weighted by atomic mass is 9.95. The van der Waals surface area contributed by atoms with Crippen LogP contribution in [0.5, 0.6) is 0 Å². The third-order valence-electron chi connectivity index (χ3n) is 4.53. The van der Waals surface area contributed by atoms with E-state index in [9.17, 15) is 9.90 Å². The second-order valence-corrected chi connectivity index (χ2v) is 6.65. The molecule has 3 N–H and O–H groups in total. The molecule has 1 aromatic carbocycles. The highest BCUT2D eigenvalue weighted by Crippen LogP contribution is 2.26. The molecule has 1 aliphatic carbocycles. The van der Waals surface area contributed by atoms with Gasteiger partial charge in [0.25, 0.3) is 0 Å². The minimum Gasteiger partial charge on any atom is -0.421 e. The van der Waals surface area contributed by atoms with Crippen molar-refractivity contribution in [3.05, 3.63) is 30.2 Å². The van der Waals surface area contributed by atoms with E-state index in [1.54, 1.807) is 31.2 Å². The van der Waals surface area contributed by atoms with Crippen molar-refractivity contribution in [2.24, 2.45) is 0 Å². The number of nitrogens with zero attached hydrogens (tertiary/aromatic N) is 2. The third kappa shape index (κ3) is 4.79. The number of nitrogens with one attached hydrogen (secondary N) is 2. The first-order valence-corrected chi connectivity index (χ1v) is 8.72. The van der Waals surface area contributed by atoms with Crippen LogP contribution in [0.1, 0.15) is 44.4 Å². The maximum absolute atomic E-state index is 12.1. The molecule has 134 valence electrons. The number of benzene rings is 1. The lowest BCUT2D eigenvalue weighted by molar-refractivity contribution is 0.0281. The van der Waals surface area contributed by atoms with E-state index in [0.29, 0.717) is 17.5 Å². The molecule has 0 radical (unpaired) electrons. The Morgan fingerprint density at radius 2 is 1.84 bits per heavy atom. The van der Waals surface area contributed by atoms with E-state index >= 15 is 0 Å². The van der Waals surface area contributed by atoms with E-state index in [0.717, 1.165) is 44.1 Å². The van der Waals surface area contributed by atoms with Crippen LogP contribution in [0.15, 0.2) is 28.7 Å². The Balaban J connectivity index is 1.52. The molecule has 0 unspecified atom stereocenters. The Bertz CT molecular complexity index is 703. The Labute approximate surface area is 146 Å². The van der Waals surface area contributed by atoms with Crippen LogP contribution in [0.2, 0.25) is 0 Å². The van der Waals surface area contributed by atoms with E-state index in [4.69, 9.17) is 4.42 Å². The molecule has 1 fully saturated rings. The van der Waals surface area contributed by atoms with Gasteiger partial charge in [-0.3, -0.25) is 0 Å². The number of anilines is 1. The van der Waals surface area contributed by atoms with Crippen LogP contribution < -0.4 is 10.6 Å². The van der Waals surface area contributed by atoms with Gasteiger partial charge in [-0.2, -0.15) is 0 Å². The zero-order valence-corrected chi connectivity index (χ0v) is 14.4. The number of carbonyl (C=O) groups excluding carboxylic acids is 1. The molecule has 0 bridgehead atoms. The monoisotopic (exact) mass is 344 g/mol. The van der Waals surface area contributed by atoms with Crippen LogP contribution in [0, 0.1) is 6.92 Å². The zero-order valence-electron chi connectivity index (χ0n) is 14.4. The van der Waals surface area contributed by atoms with Crippen molar-refractivity contribution in [3.8, 4) is 11.5 Å². The Hall–Kier alpha value is -2.41. The summed E-state index contributed by atoms with van der Waals surface area (Å²) in [6.45, 7) is 2.01. The maximum Gasteiger partial charge on any atom is 0.319 e. The van der Waals surface area contributed by atoms with Crippen LogP contribution in [0.3, 0.4) is 0 Å². The predicted octanol–water partition coefficient (Wildman–Crippen LogP) is 3.25. The first-order chi connectivity index (χ1) is 12.0. The van der Waals surface area contributed by atoms with Gasteiger partial charge in [0.15, 0.2) is 0 Å². The van der Waals surface area contributed by atoms with Crippen molar-refractivity contribution >= 4 is 11.7 Å². The van der Waals surface area contributed by atoms with Crippen LogP contribution in [0.4, 0.5) is 10.5 Å². The number of aromatic nitrogens is 2. The average molecular weight is 344 g/mol. The van der Waals surface area contributed by atoms with Gasteiger partial charge in [-0.1, -0.05) is 25.7 Å². The van der Waals surface area contributed by atoms with Gasteiger partial charge in [-0.15, -0.1) is 10.2 Å². The Kier molecular flexibility index (Phi) is 5.33. The molecular formula is C18H24N4O3. The number of aliphatic hydroxyl groups is 1. The van der Waals surface area contributed by atoms with Crippen molar-refractivity contribution in [1.82, 2.24) is 15.5 Å². The minimum absolute atomic E-state index is 0.276. The molecule has 3 rings (SSSR count). The second kappa shape index (κ2) is 7.65.